The molecule has 38 heavy (non-hydrogen) atoms. The van der Waals surface area contributed by atoms with E-state index in [1.54, 1.807) is 12.0 Å². The van der Waals surface area contributed by atoms with Gasteiger partial charge in [-0.1, -0.05) is 48.5 Å². The second-order valence-electron chi connectivity index (χ2n) is 9.63. The summed E-state index contributed by atoms with van der Waals surface area (Å²) in [7, 11) is 1.64. The molecule has 1 heterocycles. The van der Waals surface area contributed by atoms with Crippen LogP contribution in [0.3, 0.4) is 0 Å². The number of carbonyl (C=O) groups is 2. The van der Waals surface area contributed by atoms with Crippen molar-refractivity contribution in [2.45, 2.75) is 31.8 Å². The Hall–Kier alpha value is -4.26. The molecule has 1 aromatic heterocycles. The van der Waals surface area contributed by atoms with Crippen LogP contribution in [0.1, 0.15) is 24.0 Å². The van der Waals surface area contributed by atoms with E-state index in [0.717, 1.165) is 35.1 Å². The van der Waals surface area contributed by atoms with Gasteiger partial charge in [0.05, 0.1) is 7.11 Å². The summed E-state index contributed by atoms with van der Waals surface area (Å²) < 4.78 is 11.0. The van der Waals surface area contributed by atoms with Crippen LogP contribution in [0, 0.1) is 0 Å². The van der Waals surface area contributed by atoms with Crippen molar-refractivity contribution in [3.05, 3.63) is 96.2 Å². The molecule has 0 aliphatic heterocycles. The molecule has 1 saturated carbocycles. The standard InChI is InChI=1S/C31H33N3O4/c1-37-26-15-11-23(12-16-26)20-33(18-17-24-19-32-29-10-6-5-9-28(24)29)30(35)21-34(25-13-14-25)31(36)22-38-27-7-3-2-4-8-27/h2-12,15-16,19,25,32H,13-14,17-18,20-22H2,1H3. The van der Waals surface area contributed by atoms with Crippen molar-refractivity contribution >= 4 is 22.7 Å². The summed E-state index contributed by atoms with van der Waals surface area (Å²) in [5.41, 5.74) is 3.26. The van der Waals surface area contributed by atoms with Crippen LogP contribution < -0.4 is 9.47 Å². The SMILES string of the molecule is COc1ccc(CN(CCc2c[nH]c3ccccc23)C(=O)CN(C(=O)COc2ccccc2)C2CC2)cc1. The summed E-state index contributed by atoms with van der Waals surface area (Å²) in [6, 6.07) is 25.3. The highest BCUT2D eigenvalue weighted by Crippen LogP contribution is 2.27. The molecule has 1 aliphatic carbocycles. The van der Waals surface area contributed by atoms with Crippen molar-refractivity contribution in [3.63, 3.8) is 0 Å². The molecule has 7 heteroatoms. The molecule has 2 amide bonds. The number of aromatic nitrogens is 1. The van der Waals surface area contributed by atoms with Crippen molar-refractivity contribution in [2.24, 2.45) is 0 Å². The van der Waals surface area contributed by atoms with Gasteiger partial charge in [0.1, 0.15) is 18.0 Å². The second kappa shape index (κ2) is 11.9. The van der Waals surface area contributed by atoms with E-state index in [4.69, 9.17) is 9.47 Å². The fraction of sp³-hybridized carbons (Fsp3) is 0.290. The van der Waals surface area contributed by atoms with E-state index in [1.165, 1.54) is 5.56 Å². The number of hydrogen-bond acceptors (Lipinski definition) is 4. The van der Waals surface area contributed by atoms with Crippen LogP contribution in [-0.4, -0.2) is 59.4 Å². The molecule has 0 radical (unpaired) electrons. The van der Waals surface area contributed by atoms with Gasteiger partial charge in [0, 0.05) is 36.2 Å². The molecule has 1 aliphatic rings. The zero-order valence-electron chi connectivity index (χ0n) is 21.6. The number of benzene rings is 3. The van der Waals surface area contributed by atoms with Crippen LogP contribution in [0.25, 0.3) is 10.9 Å². The van der Waals surface area contributed by atoms with E-state index >= 15 is 0 Å². The first kappa shape index (κ1) is 25.4. The molecule has 0 unspecified atom stereocenters. The Kier molecular flexibility index (Phi) is 7.92. The summed E-state index contributed by atoms with van der Waals surface area (Å²) in [4.78, 5) is 33.6. The maximum atomic E-state index is 13.7. The molecule has 7 nitrogen and oxygen atoms in total. The fourth-order valence-corrected chi connectivity index (χ4v) is 4.63. The largest absolute Gasteiger partial charge is 0.497 e. The van der Waals surface area contributed by atoms with Crippen molar-refractivity contribution in [1.29, 1.82) is 0 Å². The minimum Gasteiger partial charge on any atom is -0.497 e. The predicted molar refractivity (Wildman–Crippen MR) is 147 cm³/mol. The van der Waals surface area contributed by atoms with Gasteiger partial charge in [-0.25, -0.2) is 0 Å². The summed E-state index contributed by atoms with van der Waals surface area (Å²) >= 11 is 0. The Morgan fingerprint density at radius 3 is 2.37 bits per heavy atom. The number of nitrogens with zero attached hydrogens (tertiary/aromatic N) is 2. The molecule has 0 saturated heterocycles. The van der Waals surface area contributed by atoms with Gasteiger partial charge in [0.15, 0.2) is 6.61 Å². The summed E-state index contributed by atoms with van der Waals surface area (Å²) in [5.74, 6) is 1.18. The molecule has 5 rings (SSSR count). The fourth-order valence-electron chi connectivity index (χ4n) is 4.63. The van der Waals surface area contributed by atoms with Crippen molar-refractivity contribution in [1.82, 2.24) is 14.8 Å². The Bertz CT molecular complexity index is 1360. The number of fused-ring (bicyclic) bond motifs is 1. The lowest BCUT2D eigenvalue weighted by atomic mass is 10.1. The number of methoxy groups -OCH3 is 1. The summed E-state index contributed by atoms with van der Waals surface area (Å²) in [5, 5.41) is 1.16. The lowest BCUT2D eigenvalue weighted by Crippen LogP contribution is -2.45. The van der Waals surface area contributed by atoms with E-state index in [2.05, 4.69) is 17.1 Å². The topological polar surface area (TPSA) is 74.9 Å². The normalized spacial score (nSPS) is 12.8. The predicted octanol–water partition coefficient (Wildman–Crippen LogP) is 4.82. The van der Waals surface area contributed by atoms with Crippen LogP contribution >= 0.6 is 0 Å². The Labute approximate surface area is 223 Å². The molecular formula is C31H33N3O4. The Balaban J connectivity index is 1.29. The van der Waals surface area contributed by atoms with E-state index in [0.29, 0.717) is 25.3 Å². The Morgan fingerprint density at radius 2 is 1.63 bits per heavy atom. The van der Waals surface area contributed by atoms with E-state index in [9.17, 15) is 9.59 Å². The molecular weight excluding hydrogens is 478 g/mol. The number of carbonyl (C=O) groups excluding carboxylic acids is 2. The van der Waals surface area contributed by atoms with Gasteiger partial charge >= 0.3 is 0 Å². The van der Waals surface area contributed by atoms with Gasteiger partial charge in [-0.05, 0) is 60.7 Å². The highest BCUT2D eigenvalue weighted by Gasteiger charge is 2.35. The molecule has 1 N–H and O–H groups in total. The maximum Gasteiger partial charge on any atom is 0.261 e. The third kappa shape index (κ3) is 6.35. The highest BCUT2D eigenvalue weighted by molar-refractivity contribution is 5.86. The van der Waals surface area contributed by atoms with E-state index < -0.39 is 0 Å². The van der Waals surface area contributed by atoms with Crippen molar-refractivity contribution < 1.29 is 19.1 Å². The van der Waals surface area contributed by atoms with Crippen LogP contribution in [0.5, 0.6) is 11.5 Å². The van der Waals surface area contributed by atoms with Crippen molar-refractivity contribution in [2.75, 3.05) is 26.8 Å². The van der Waals surface area contributed by atoms with Gasteiger partial charge in [-0.15, -0.1) is 0 Å². The van der Waals surface area contributed by atoms with Crippen LogP contribution in [0.4, 0.5) is 0 Å². The van der Waals surface area contributed by atoms with Gasteiger partial charge < -0.3 is 24.3 Å². The average Bonchev–Trinajstić information content (AvgIpc) is 3.72. The van der Waals surface area contributed by atoms with Crippen LogP contribution in [-0.2, 0) is 22.6 Å². The number of nitrogens with one attached hydrogen (secondary N) is 1. The number of aromatic amines is 1. The minimum absolute atomic E-state index is 0.0473. The number of ether oxygens (including phenoxy) is 2. The minimum atomic E-state index is -0.161. The first-order valence-electron chi connectivity index (χ1n) is 13.0. The Morgan fingerprint density at radius 1 is 0.895 bits per heavy atom. The molecule has 0 bridgehead atoms. The smallest absolute Gasteiger partial charge is 0.261 e. The lowest BCUT2D eigenvalue weighted by Gasteiger charge is -2.28. The van der Waals surface area contributed by atoms with Gasteiger partial charge in [-0.3, -0.25) is 9.59 Å². The zero-order chi connectivity index (χ0) is 26.3. The second-order valence-corrected chi connectivity index (χ2v) is 9.63. The molecule has 0 atom stereocenters. The number of para-hydroxylation sites is 2. The lowest BCUT2D eigenvalue weighted by molar-refractivity contribution is -0.142. The molecule has 0 spiro atoms. The van der Waals surface area contributed by atoms with Gasteiger partial charge in [-0.2, -0.15) is 0 Å². The number of rotatable bonds is 12. The number of amides is 2. The monoisotopic (exact) mass is 511 g/mol. The van der Waals surface area contributed by atoms with E-state index in [-0.39, 0.29) is 31.0 Å². The number of hydrogen-bond donors (Lipinski definition) is 1. The summed E-state index contributed by atoms with van der Waals surface area (Å²) in [6.07, 6.45) is 4.55. The maximum absolute atomic E-state index is 13.7. The highest BCUT2D eigenvalue weighted by atomic mass is 16.5. The van der Waals surface area contributed by atoms with E-state index in [1.807, 2.05) is 77.8 Å². The molecule has 3 aromatic carbocycles. The number of H-pyrrole nitrogens is 1. The zero-order valence-corrected chi connectivity index (χ0v) is 21.6. The third-order valence-corrected chi connectivity index (χ3v) is 6.93. The molecule has 1 fully saturated rings. The quantitative estimate of drug-likeness (QED) is 0.296. The van der Waals surface area contributed by atoms with Gasteiger partial charge in [0.2, 0.25) is 5.91 Å². The van der Waals surface area contributed by atoms with Gasteiger partial charge in [0.25, 0.3) is 5.91 Å². The first-order valence-corrected chi connectivity index (χ1v) is 13.0. The molecule has 196 valence electrons. The third-order valence-electron chi connectivity index (χ3n) is 6.93. The molecule has 4 aromatic rings. The van der Waals surface area contributed by atoms with Crippen LogP contribution in [0.15, 0.2) is 85.1 Å². The average molecular weight is 512 g/mol. The van der Waals surface area contributed by atoms with Crippen molar-refractivity contribution in [3.8, 4) is 11.5 Å². The first-order chi connectivity index (χ1) is 18.6. The summed E-state index contributed by atoms with van der Waals surface area (Å²) in [6.45, 7) is 0.964. The van der Waals surface area contributed by atoms with Crippen LogP contribution in [0.2, 0.25) is 0 Å².